The Morgan fingerprint density at radius 2 is 2.20 bits per heavy atom. The highest BCUT2D eigenvalue weighted by molar-refractivity contribution is 5.69. The number of furan rings is 1. The van der Waals surface area contributed by atoms with Crippen molar-refractivity contribution >= 4 is 5.97 Å². The number of aliphatic carboxylic acids is 1. The summed E-state index contributed by atoms with van der Waals surface area (Å²) in [4.78, 5) is 10.9. The van der Waals surface area contributed by atoms with Gasteiger partial charge in [0.25, 0.3) is 0 Å². The Morgan fingerprint density at radius 3 is 2.53 bits per heavy atom. The summed E-state index contributed by atoms with van der Waals surface area (Å²) in [5.41, 5.74) is 0.960. The summed E-state index contributed by atoms with van der Waals surface area (Å²) in [7, 11) is 0. The molecule has 2 rings (SSSR count). The fourth-order valence-corrected chi connectivity index (χ4v) is 2.59. The van der Waals surface area contributed by atoms with Crippen LogP contribution in [0, 0.1) is 13.8 Å². The maximum atomic E-state index is 10.9. The zero-order chi connectivity index (χ0) is 11.1. The van der Waals surface area contributed by atoms with Crippen molar-refractivity contribution in [1.82, 2.24) is 0 Å². The Morgan fingerprint density at radius 1 is 1.53 bits per heavy atom. The largest absolute Gasteiger partial charge is 0.481 e. The molecule has 1 aromatic rings. The van der Waals surface area contributed by atoms with Crippen molar-refractivity contribution in [3.8, 4) is 0 Å². The van der Waals surface area contributed by atoms with E-state index >= 15 is 0 Å². The van der Waals surface area contributed by atoms with E-state index in [-0.39, 0.29) is 11.8 Å². The molecule has 3 heteroatoms. The van der Waals surface area contributed by atoms with E-state index in [9.17, 15) is 4.79 Å². The zero-order valence-electron chi connectivity index (χ0n) is 9.17. The van der Waals surface area contributed by atoms with Crippen LogP contribution < -0.4 is 0 Å². The fourth-order valence-electron chi connectivity index (χ4n) is 2.59. The third-order valence-corrected chi connectivity index (χ3v) is 3.41. The molecule has 0 aliphatic heterocycles. The molecule has 0 atom stereocenters. The maximum absolute atomic E-state index is 10.9. The van der Waals surface area contributed by atoms with Gasteiger partial charge in [-0.15, -0.1) is 0 Å². The van der Waals surface area contributed by atoms with Crippen molar-refractivity contribution in [1.29, 1.82) is 0 Å². The summed E-state index contributed by atoms with van der Waals surface area (Å²) < 4.78 is 5.49. The van der Waals surface area contributed by atoms with E-state index in [2.05, 4.69) is 0 Å². The minimum absolute atomic E-state index is 0.145. The van der Waals surface area contributed by atoms with Crippen molar-refractivity contribution in [3.63, 3.8) is 0 Å². The molecule has 1 aliphatic rings. The van der Waals surface area contributed by atoms with Crippen molar-refractivity contribution < 1.29 is 14.3 Å². The average molecular weight is 208 g/mol. The Hall–Kier alpha value is -1.25. The van der Waals surface area contributed by atoms with E-state index in [0.717, 1.165) is 36.3 Å². The first-order valence-electron chi connectivity index (χ1n) is 5.33. The van der Waals surface area contributed by atoms with E-state index in [4.69, 9.17) is 9.52 Å². The first-order chi connectivity index (χ1) is 7.03. The fraction of sp³-hybridized carbons (Fsp3) is 0.583. The van der Waals surface area contributed by atoms with Gasteiger partial charge in [-0.1, -0.05) is 6.42 Å². The van der Waals surface area contributed by atoms with E-state index in [1.807, 2.05) is 19.9 Å². The molecule has 1 N–H and O–H groups in total. The lowest BCUT2D eigenvalue weighted by Gasteiger charge is -2.40. The molecule has 0 spiro atoms. The summed E-state index contributed by atoms with van der Waals surface area (Å²) >= 11 is 0. The van der Waals surface area contributed by atoms with Crippen LogP contribution in [0.2, 0.25) is 0 Å². The highest BCUT2D eigenvalue weighted by atomic mass is 16.4. The van der Waals surface area contributed by atoms with Crippen LogP contribution in [0.4, 0.5) is 0 Å². The molecule has 0 unspecified atom stereocenters. The van der Waals surface area contributed by atoms with Crippen molar-refractivity contribution in [2.45, 2.75) is 44.9 Å². The first-order valence-corrected chi connectivity index (χ1v) is 5.33. The van der Waals surface area contributed by atoms with E-state index in [1.165, 1.54) is 0 Å². The minimum atomic E-state index is -0.715. The van der Waals surface area contributed by atoms with Crippen LogP contribution in [0.15, 0.2) is 10.5 Å². The second-order valence-corrected chi connectivity index (χ2v) is 4.53. The topological polar surface area (TPSA) is 50.4 Å². The molecular formula is C12H16O3. The first kappa shape index (κ1) is 10.3. The van der Waals surface area contributed by atoms with Crippen molar-refractivity contribution in [2.75, 3.05) is 0 Å². The third kappa shape index (κ3) is 1.66. The molecule has 0 amide bonds. The van der Waals surface area contributed by atoms with Crippen LogP contribution in [-0.2, 0) is 10.2 Å². The third-order valence-electron chi connectivity index (χ3n) is 3.41. The molecule has 0 radical (unpaired) electrons. The Bertz CT molecular complexity index is 386. The van der Waals surface area contributed by atoms with Gasteiger partial charge in [-0.3, -0.25) is 4.79 Å². The number of hydrogen-bond donors (Lipinski definition) is 1. The molecule has 3 nitrogen and oxygen atoms in total. The molecule has 0 saturated heterocycles. The predicted octanol–water partition coefficient (Wildman–Crippen LogP) is 2.79. The van der Waals surface area contributed by atoms with Gasteiger partial charge < -0.3 is 9.52 Å². The van der Waals surface area contributed by atoms with Crippen LogP contribution in [0.1, 0.15) is 42.8 Å². The number of carboxylic acid groups (broad SMARTS) is 1. The normalized spacial score (nSPS) is 18.5. The highest BCUT2D eigenvalue weighted by Gasteiger charge is 2.42. The van der Waals surface area contributed by atoms with Gasteiger partial charge in [-0.25, -0.2) is 0 Å². The van der Waals surface area contributed by atoms with Crippen LogP contribution in [0.5, 0.6) is 0 Å². The van der Waals surface area contributed by atoms with Crippen molar-refractivity contribution in [3.05, 3.63) is 23.2 Å². The number of rotatable bonds is 3. The monoisotopic (exact) mass is 208 g/mol. The van der Waals surface area contributed by atoms with Gasteiger partial charge in [0.15, 0.2) is 0 Å². The molecule has 1 fully saturated rings. The molecule has 15 heavy (non-hydrogen) atoms. The van der Waals surface area contributed by atoms with Gasteiger partial charge in [-0.05, 0) is 32.8 Å². The van der Waals surface area contributed by atoms with Gasteiger partial charge in [0.1, 0.15) is 11.5 Å². The van der Waals surface area contributed by atoms with Gasteiger partial charge in [0.05, 0.1) is 6.42 Å². The molecule has 1 aromatic heterocycles. The lowest BCUT2D eigenvalue weighted by Crippen LogP contribution is -2.36. The standard InChI is InChI=1S/C12H16O3/c1-8-6-10(9(2)15-8)12(4-3-5-12)7-11(13)14/h6H,3-5,7H2,1-2H3,(H,13,14). The number of aryl methyl sites for hydroxylation is 2. The molecule has 1 aliphatic carbocycles. The van der Waals surface area contributed by atoms with Crippen molar-refractivity contribution in [2.24, 2.45) is 0 Å². The quantitative estimate of drug-likeness (QED) is 0.830. The smallest absolute Gasteiger partial charge is 0.304 e. The van der Waals surface area contributed by atoms with Gasteiger partial charge in [0.2, 0.25) is 0 Å². The molecule has 1 heterocycles. The van der Waals surface area contributed by atoms with E-state index in [1.54, 1.807) is 0 Å². The van der Waals surface area contributed by atoms with Gasteiger partial charge >= 0.3 is 5.97 Å². The van der Waals surface area contributed by atoms with Crippen LogP contribution in [0.3, 0.4) is 0 Å². The molecule has 82 valence electrons. The molecule has 0 bridgehead atoms. The lowest BCUT2D eigenvalue weighted by molar-refractivity contribution is -0.139. The molecular weight excluding hydrogens is 192 g/mol. The minimum Gasteiger partial charge on any atom is -0.481 e. The maximum Gasteiger partial charge on any atom is 0.304 e. The van der Waals surface area contributed by atoms with E-state index in [0.29, 0.717) is 0 Å². The Kier molecular flexibility index (Phi) is 2.33. The summed E-state index contributed by atoms with van der Waals surface area (Å²) in [6.07, 6.45) is 3.29. The van der Waals surface area contributed by atoms with E-state index < -0.39 is 5.97 Å². The predicted molar refractivity (Wildman–Crippen MR) is 56.0 cm³/mol. The van der Waals surface area contributed by atoms with Gasteiger partial charge in [0, 0.05) is 11.0 Å². The average Bonchev–Trinajstić information content (AvgIpc) is 2.38. The zero-order valence-corrected chi connectivity index (χ0v) is 9.17. The highest BCUT2D eigenvalue weighted by Crippen LogP contribution is 2.48. The van der Waals surface area contributed by atoms with Gasteiger partial charge in [-0.2, -0.15) is 0 Å². The summed E-state index contributed by atoms with van der Waals surface area (Å²) in [6, 6.07) is 2.00. The SMILES string of the molecule is Cc1cc(C2(CC(=O)O)CCC2)c(C)o1. The van der Waals surface area contributed by atoms with Crippen LogP contribution in [0.25, 0.3) is 0 Å². The Balaban J connectivity index is 2.33. The number of carboxylic acids is 1. The number of carbonyl (C=O) groups is 1. The summed E-state index contributed by atoms with van der Waals surface area (Å²) in [5, 5.41) is 8.94. The molecule has 1 saturated carbocycles. The second kappa shape index (κ2) is 3.40. The molecule has 0 aromatic carbocycles. The number of hydrogen-bond acceptors (Lipinski definition) is 2. The lowest BCUT2D eigenvalue weighted by atomic mass is 9.62. The van der Waals surface area contributed by atoms with Crippen LogP contribution >= 0.6 is 0 Å². The van der Waals surface area contributed by atoms with Crippen LogP contribution in [-0.4, -0.2) is 11.1 Å². The summed E-state index contributed by atoms with van der Waals surface area (Å²) in [5.74, 6) is 1.04. The second-order valence-electron chi connectivity index (χ2n) is 4.53. The summed E-state index contributed by atoms with van der Waals surface area (Å²) in [6.45, 7) is 3.83. The Labute approximate surface area is 89.1 Å².